The predicted molar refractivity (Wildman–Crippen MR) is 129 cm³/mol. The molecule has 0 spiro atoms. The molecule has 3 fully saturated rings. The Hall–Kier alpha value is -1.50. The molecule has 3 saturated carbocycles. The van der Waals surface area contributed by atoms with E-state index in [1.807, 2.05) is 0 Å². The SMILES string of the molecule is C=C1C=C2CCC3C(C2CC1)C(c1ccc(N(C)CC)cc1)CC1(C)C(C)CCC31. The highest BCUT2D eigenvalue weighted by Crippen LogP contribution is 2.67. The molecule has 0 amide bonds. The van der Waals surface area contributed by atoms with Gasteiger partial charge >= 0.3 is 0 Å². The van der Waals surface area contributed by atoms with Crippen LogP contribution in [0.25, 0.3) is 0 Å². The van der Waals surface area contributed by atoms with Gasteiger partial charge in [0.15, 0.2) is 0 Å². The molecular formula is C29H41N. The van der Waals surface area contributed by atoms with Crippen LogP contribution in [0.2, 0.25) is 0 Å². The molecule has 7 atom stereocenters. The van der Waals surface area contributed by atoms with Crippen LogP contribution >= 0.6 is 0 Å². The van der Waals surface area contributed by atoms with Crippen LogP contribution in [-0.2, 0) is 0 Å². The van der Waals surface area contributed by atoms with Gasteiger partial charge in [-0.25, -0.2) is 0 Å². The Morgan fingerprint density at radius 1 is 1.03 bits per heavy atom. The van der Waals surface area contributed by atoms with Gasteiger partial charge in [-0.2, -0.15) is 0 Å². The number of hydrogen-bond acceptors (Lipinski definition) is 1. The zero-order valence-electron chi connectivity index (χ0n) is 19.7. The lowest BCUT2D eigenvalue weighted by atomic mass is 9.47. The molecule has 4 aliphatic rings. The van der Waals surface area contributed by atoms with E-state index in [2.05, 4.69) is 69.6 Å². The fraction of sp³-hybridized carbons (Fsp3) is 0.655. The third-order valence-electron chi connectivity index (χ3n) is 10.1. The molecule has 162 valence electrons. The first-order valence-electron chi connectivity index (χ1n) is 12.6. The van der Waals surface area contributed by atoms with Crippen LogP contribution in [0.3, 0.4) is 0 Å². The molecule has 0 heterocycles. The number of fused-ring (bicyclic) bond motifs is 5. The Morgan fingerprint density at radius 2 is 1.80 bits per heavy atom. The van der Waals surface area contributed by atoms with E-state index >= 15 is 0 Å². The quantitative estimate of drug-likeness (QED) is 0.502. The minimum atomic E-state index is 0.532. The molecule has 0 bridgehead atoms. The molecule has 0 aliphatic heterocycles. The summed E-state index contributed by atoms with van der Waals surface area (Å²) in [5.74, 6) is 5.11. The summed E-state index contributed by atoms with van der Waals surface area (Å²) in [5.41, 5.74) is 6.62. The van der Waals surface area contributed by atoms with Gasteiger partial charge in [0.05, 0.1) is 0 Å². The first-order chi connectivity index (χ1) is 14.4. The molecule has 1 heteroatoms. The normalized spacial score (nSPS) is 40.3. The van der Waals surface area contributed by atoms with Crippen molar-refractivity contribution in [2.24, 2.45) is 35.0 Å². The minimum absolute atomic E-state index is 0.532. The Balaban J connectivity index is 1.55. The largest absolute Gasteiger partial charge is 0.375 e. The minimum Gasteiger partial charge on any atom is -0.375 e. The number of allylic oxidation sites excluding steroid dienone is 3. The number of anilines is 1. The molecule has 0 N–H and O–H groups in total. The standard InChI is InChI=1S/C29H41N/c1-6-30(5)23-12-9-21(10-13-23)26-18-29(4)20(3)8-16-27(29)25-15-11-22-17-19(2)7-14-24(22)28(25)26/h9-10,12-13,17,20,24-28H,2,6-8,11,14-16,18H2,1,3-5H3. The Labute approximate surface area is 184 Å². The van der Waals surface area contributed by atoms with E-state index in [0.29, 0.717) is 5.41 Å². The second-order valence-electron chi connectivity index (χ2n) is 11.3. The molecule has 0 radical (unpaired) electrons. The van der Waals surface area contributed by atoms with E-state index in [9.17, 15) is 0 Å². The Bertz CT molecular complexity index is 832. The molecule has 1 aromatic carbocycles. The second kappa shape index (κ2) is 7.57. The van der Waals surface area contributed by atoms with Gasteiger partial charge in [0.1, 0.15) is 0 Å². The van der Waals surface area contributed by atoms with Gasteiger partial charge < -0.3 is 4.90 Å². The third-order valence-corrected chi connectivity index (χ3v) is 10.1. The van der Waals surface area contributed by atoms with Gasteiger partial charge in [0.25, 0.3) is 0 Å². The summed E-state index contributed by atoms with van der Waals surface area (Å²) in [5, 5.41) is 0. The molecular weight excluding hydrogens is 362 g/mol. The van der Waals surface area contributed by atoms with E-state index in [-0.39, 0.29) is 0 Å². The summed E-state index contributed by atoms with van der Waals surface area (Å²) in [6.07, 6.45) is 12.1. The van der Waals surface area contributed by atoms with Crippen molar-refractivity contribution in [1.29, 1.82) is 0 Å². The van der Waals surface area contributed by atoms with Crippen LogP contribution < -0.4 is 4.90 Å². The first kappa shape index (κ1) is 20.4. The molecule has 5 rings (SSSR count). The number of hydrogen-bond donors (Lipinski definition) is 0. The summed E-state index contributed by atoms with van der Waals surface area (Å²) < 4.78 is 0. The lowest BCUT2D eigenvalue weighted by Crippen LogP contribution is -2.49. The fourth-order valence-electron chi connectivity index (χ4n) is 8.16. The van der Waals surface area contributed by atoms with Crippen molar-refractivity contribution in [2.45, 2.75) is 71.6 Å². The van der Waals surface area contributed by atoms with Gasteiger partial charge in [0, 0.05) is 19.3 Å². The Kier molecular flexibility index (Phi) is 5.15. The van der Waals surface area contributed by atoms with Gasteiger partial charge in [0.2, 0.25) is 0 Å². The maximum Gasteiger partial charge on any atom is 0.0363 e. The number of nitrogens with zero attached hydrogens (tertiary/aromatic N) is 1. The van der Waals surface area contributed by atoms with Crippen molar-refractivity contribution in [1.82, 2.24) is 0 Å². The van der Waals surface area contributed by atoms with Gasteiger partial charge in [-0.1, -0.05) is 49.8 Å². The van der Waals surface area contributed by atoms with Crippen LogP contribution in [0.5, 0.6) is 0 Å². The highest BCUT2D eigenvalue weighted by molar-refractivity contribution is 5.47. The fourth-order valence-corrected chi connectivity index (χ4v) is 8.16. The highest BCUT2D eigenvalue weighted by Gasteiger charge is 2.58. The molecule has 30 heavy (non-hydrogen) atoms. The van der Waals surface area contributed by atoms with Crippen molar-refractivity contribution in [3.8, 4) is 0 Å². The summed E-state index contributed by atoms with van der Waals surface area (Å²) >= 11 is 0. The van der Waals surface area contributed by atoms with Crippen molar-refractivity contribution >= 4 is 5.69 Å². The highest BCUT2D eigenvalue weighted by atomic mass is 15.1. The van der Waals surface area contributed by atoms with E-state index in [0.717, 1.165) is 42.1 Å². The van der Waals surface area contributed by atoms with Crippen LogP contribution in [0.15, 0.2) is 48.1 Å². The van der Waals surface area contributed by atoms with Crippen LogP contribution in [0, 0.1) is 35.0 Å². The smallest absolute Gasteiger partial charge is 0.0363 e. The maximum atomic E-state index is 4.31. The van der Waals surface area contributed by atoms with Crippen molar-refractivity contribution in [3.05, 3.63) is 53.6 Å². The molecule has 4 aliphatic carbocycles. The number of rotatable bonds is 3. The lowest BCUT2D eigenvalue weighted by molar-refractivity contribution is -0.0340. The maximum absolute atomic E-state index is 4.31. The topological polar surface area (TPSA) is 3.24 Å². The molecule has 0 saturated heterocycles. The summed E-state index contributed by atoms with van der Waals surface area (Å²) in [6.45, 7) is 12.8. The lowest BCUT2D eigenvalue weighted by Gasteiger charge is -2.57. The monoisotopic (exact) mass is 403 g/mol. The zero-order valence-corrected chi connectivity index (χ0v) is 19.7. The average Bonchev–Trinajstić information content (AvgIpc) is 3.06. The molecule has 0 aromatic heterocycles. The average molecular weight is 404 g/mol. The van der Waals surface area contributed by atoms with Crippen molar-refractivity contribution in [2.75, 3.05) is 18.5 Å². The molecule has 1 nitrogen and oxygen atoms in total. The first-order valence-corrected chi connectivity index (χ1v) is 12.6. The number of benzene rings is 1. The second-order valence-corrected chi connectivity index (χ2v) is 11.3. The molecule has 1 aromatic rings. The van der Waals surface area contributed by atoms with Crippen LogP contribution in [0.1, 0.15) is 77.2 Å². The van der Waals surface area contributed by atoms with E-state index in [1.165, 1.54) is 56.2 Å². The van der Waals surface area contributed by atoms with Gasteiger partial charge in [-0.3, -0.25) is 0 Å². The van der Waals surface area contributed by atoms with Crippen molar-refractivity contribution in [3.63, 3.8) is 0 Å². The predicted octanol–water partition coefficient (Wildman–Crippen LogP) is 7.60. The summed E-state index contributed by atoms with van der Waals surface area (Å²) in [6, 6.07) is 9.71. The third kappa shape index (κ3) is 3.10. The zero-order chi connectivity index (χ0) is 21.0. The van der Waals surface area contributed by atoms with Gasteiger partial charge in [-0.15, -0.1) is 0 Å². The van der Waals surface area contributed by atoms with E-state index in [4.69, 9.17) is 0 Å². The summed E-state index contributed by atoms with van der Waals surface area (Å²) in [4.78, 5) is 2.35. The Morgan fingerprint density at radius 3 is 2.53 bits per heavy atom. The van der Waals surface area contributed by atoms with Crippen LogP contribution in [0.4, 0.5) is 5.69 Å². The van der Waals surface area contributed by atoms with E-state index in [1.54, 1.807) is 11.1 Å². The summed E-state index contributed by atoms with van der Waals surface area (Å²) in [7, 11) is 2.20. The van der Waals surface area contributed by atoms with Gasteiger partial charge in [-0.05, 0) is 110 Å². The van der Waals surface area contributed by atoms with Crippen molar-refractivity contribution < 1.29 is 0 Å². The van der Waals surface area contributed by atoms with E-state index < -0.39 is 0 Å². The van der Waals surface area contributed by atoms with Crippen LogP contribution in [-0.4, -0.2) is 13.6 Å². The molecule has 7 unspecified atom stereocenters.